The molecule has 0 aromatic heterocycles. The predicted octanol–water partition coefficient (Wildman–Crippen LogP) is 2.06. The van der Waals surface area contributed by atoms with Crippen LogP contribution in [0.15, 0.2) is 30.3 Å². The highest BCUT2D eigenvalue weighted by Gasteiger charge is 2.23. The minimum atomic E-state index is -0.352. The van der Waals surface area contributed by atoms with Crippen LogP contribution in [0.4, 0.5) is 0 Å². The molecule has 0 amide bonds. The molecule has 0 radical (unpaired) electrons. The van der Waals surface area contributed by atoms with Crippen molar-refractivity contribution in [2.24, 2.45) is 5.92 Å². The molecular weight excluding hydrogens is 186 g/mol. The molecule has 2 heteroatoms. The molecule has 1 atom stereocenters. The molecule has 1 saturated carbocycles. The number of hydrogen-bond acceptors (Lipinski definition) is 2. The maximum Gasteiger partial charge on any atom is 0.0916 e. The molecule has 2 nitrogen and oxygen atoms in total. The molecule has 0 bridgehead atoms. The molecule has 82 valence electrons. The molecule has 1 fully saturated rings. The van der Waals surface area contributed by atoms with Gasteiger partial charge in [-0.05, 0) is 31.4 Å². The topological polar surface area (TPSA) is 23.5 Å². The van der Waals surface area contributed by atoms with Gasteiger partial charge in [0.05, 0.1) is 6.10 Å². The Morgan fingerprint density at radius 2 is 2.00 bits per heavy atom. The highest BCUT2D eigenvalue weighted by molar-refractivity contribution is 5.17. The standard InChI is InChI=1S/C13H19NO/c1-14(9-11-7-8-11)10-13(15)12-5-3-2-4-6-12/h2-6,11,13,15H,7-10H2,1H3. The largest absolute Gasteiger partial charge is 0.387 e. The second-order valence-electron chi connectivity index (χ2n) is 4.59. The third kappa shape index (κ3) is 3.33. The van der Waals surface area contributed by atoms with Gasteiger partial charge < -0.3 is 10.0 Å². The molecule has 0 heterocycles. The van der Waals surface area contributed by atoms with Crippen LogP contribution < -0.4 is 0 Å². The molecule has 0 aliphatic heterocycles. The van der Waals surface area contributed by atoms with Crippen LogP contribution in [0.5, 0.6) is 0 Å². The van der Waals surface area contributed by atoms with Crippen molar-refractivity contribution in [1.82, 2.24) is 4.90 Å². The summed E-state index contributed by atoms with van der Waals surface area (Å²) < 4.78 is 0. The Balaban J connectivity index is 1.82. The molecular formula is C13H19NO. The lowest BCUT2D eigenvalue weighted by molar-refractivity contribution is 0.124. The van der Waals surface area contributed by atoms with Crippen molar-refractivity contribution < 1.29 is 5.11 Å². The van der Waals surface area contributed by atoms with E-state index in [4.69, 9.17) is 0 Å². The number of nitrogens with zero attached hydrogens (tertiary/aromatic N) is 1. The maximum atomic E-state index is 9.98. The van der Waals surface area contributed by atoms with E-state index < -0.39 is 0 Å². The minimum absolute atomic E-state index is 0.352. The molecule has 1 aliphatic carbocycles. The average Bonchev–Trinajstić information content (AvgIpc) is 3.03. The highest BCUT2D eigenvalue weighted by atomic mass is 16.3. The maximum absolute atomic E-state index is 9.98. The molecule has 1 aromatic carbocycles. The molecule has 15 heavy (non-hydrogen) atoms. The van der Waals surface area contributed by atoms with E-state index in [1.165, 1.54) is 12.8 Å². The van der Waals surface area contributed by atoms with Gasteiger partial charge in [0.25, 0.3) is 0 Å². The van der Waals surface area contributed by atoms with Crippen molar-refractivity contribution in [3.05, 3.63) is 35.9 Å². The summed E-state index contributed by atoms with van der Waals surface area (Å²) in [5.74, 6) is 0.887. The van der Waals surface area contributed by atoms with E-state index in [0.717, 1.165) is 24.6 Å². The van der Waals surface area contributed by atoms with Crippen LogP contribution in [-0.2, 0) is 0 Å². The number of aliphatic hydroxyl groups is 1. The number of likely N-dealkylation sites (N-methyl/N-ethyl adjacent to an activating group) is 1. The van der Waals surface area contributed by atoms with Gasteiger partial charge in [-0.25, -0.2) is 0 Å². The Morgan fingerprint density at radius 3 is 2.60 bits per heavy atom. The lowest BCUT2D eigenvalue weighted by atomic mass is 10.1. The average molecular weight is 205 g/mol. The Morgan fingerprint density at radius 1 is 1.33 bits per heavy atom. The second-order valence-corrected chi connectivity index (χ2v) is 4.59. The van der Waals surface area contributed by atoms with Gasteiger partial charge in [0.15, 0.2) is 0 Å². The Bertz CT molecular complexity index is 295. The fourth-order valence-corrected chi connectivity index (χ4v) is 1.89. The van der Waals surface area contributed by atoms with Gasteiger partial charge in [-0.1, -0.05) is 30.3 Å². The van der Waals surface area contributed by atoms with Crippen LogP contribution in [0.3, 0.4) is 0 Å². The van der Waals surface area contributed by atoms with Crippen molar-refractivity contribution >= 4 is 0 Å². The summed E-state index contributed by atoms with van der Waals surface area (Å²) in [6, 6.07) is 9.88. The first-order valence-corrected chi connectivity index (χ1v) is 5.67. The van der Waals surface area contributed by atoms with Crippen molar-refractivity contribution in [3.8, 4) is 0 Å². The van der Waals surface area contributed by atoms with Gasteiger partial charge in [0.1, 0.15) is 0 Å². The second kappa shape index (κ2) is 4.77. The summed E-state index contributed by atoms with van der Waals surface area (Å²) >= 11 is 0. The van der Waals surface area contributed by atoms with Crippen LogP contribution in [0.1, 0.15) is 24.5 Å². The van der Waals surface area contributed by atoms with E-state index in [0.29, 0.717) is 0 Å². The van der Waals surface area contributed by atoms with Gasteiger partial charge in [-0.2, -0.15) is 0 Å². The summed E-state index contributed by atoms with van der Waals surface area (Å²) in [7, 11) is 2.09. The summed E-state index contributed by atoms with van der Waals surface area (Å²) in [5, 5.41) is 9.98. The highest BCUT2D eigenvalue weighted by Crippen LogP contribution is 2.29. The Kier molecular flexibility index (Phi) is 3.39. The van der Waals surface area contributed by atoms with Crippen molar-refractivity contribution in [2.45, 2.75) is 18.9 Å². The van der Waals surface area contributed by atoms with E-state index in [-0.39, 0.29) is 6.10 Å². The van der Waals surface area contributed by atoms with E-state index >= 15 is 0 Å². The Hall–Kier alpha value is -0.860. The number of hydrogen-bond donors (Lipinski definition) is 1. The molecule has 1 N–H and O–H groups in total. The number of benzene rings is 1. The summed E-state index contributed by atoms with van der Waals surface area (Å²) in [4.78, 5) is 2.23. The van der Waals surface area contributed by atoms with Crippen LogP contribution in [0.2, 0.25) is 0 Å². The number of rotatable bonds is 5. The normalized spacial score (nSPS) is 18.1. The molecule has 0 saturated heterocycles. The zero-order chi connectivity index (χ0) is 10.7. The van der Waals surface area contributed by atoms with Gasteiger partial charge in [0, 0.05) is 13.1 Å². The van der Waals surface area contributed by atoms with Gasteiger partial charge in [0.2, 0.25) is 0 Å². The third-order valence-corrected chi connectivity index (χ3v) is 2.94. The summed E-state index contributed by atoms with van der Waals surface area (Å²) in [5.41, 5.74) is 1.01. The van der Waals surface area contributed by atoms with Crippen molar-refractivity contribution in [2.75, 3.05) is 20.1 Å². The first kappa shape index (κ1) is 10.7. The monoisotopic (exact) mass is 205 g/mol. The summed E-state index contributed by atoms with van der Waals surface area (Å²) in [6.07, 6.45) is 2.38. The quantitative estimate of drug-likeness (QED) is 0.795. The lowest BCUT2D eigenvalue weighted by Crippen LogP contribution is -2.26. The van der Waals surface area contributed by atoms with E-state index in [9.17, 15) is 5.11 Å². The minimum Gasteiger partial charge on any atom is -0.387 e. The summed E-state index contributed by atoms with van der Waals surface area (Å²) in [6.45, 7) is 1.87. The van der Waals surface area contributed by atoms with Crippen molar-refractivity contribution in [3.63, 3.8) is 0 Å². The van der Waals surface area contributed by atoms with Gasteiger partial charge in [-0.15, -0.1) is 0 Å². The first-order valence-electron chi connectivity index (χ1n) is 5.67. The zero-order valence-corrected chi connectivity index (χ0v) is 9.26. The van der Waals surface area contributed by atoms with Crippen LogP contribution >= 0.6 is 0 Å². The van der Waals surface area contributed by atoms with Crippen LogP contribution in [-0.4, -0.2) is 30.1 Å². The van der Waals surface area contributed by atoms with E-state index in [1.807, 2.05) is 30.3 Å². The molecule has 0 spiro atoms. The molecule has 1 aliphatic rings. The van der Waals surface area contributed by atoms with Crippen LogP contribution in [0.25, 0.3) is 0 Å². The lowest BCUT2D eigenvalue weighted by Gasteiger charge is -2.20. The SMILES string of the molecule is CN(CC1CC1)CC(O)c1ccccc1. The van der Waals surface area contributed by atoms with E-state index in [2.05, 4.69) is 11.9 Å². The van der Waals surface area contributed by atoms with E-state index in [1.54, 1.807) is 0 Å². The predicted molar refractivity (Wildman–Crippen MR) is 61.6 cm³/mol. The fraction of sp³-hybridized carbons (Fsp3) is 0.538. The smallest absolute Gasteiger partial charge is 0.0916 e. The first-order chi connectivity index (χ1) is 7.25. The van der Waals surface area contributed by atoms with Crippen molar-refractivity contribution in [1.29, 1.82) is 0 Å². The number of aliphatic hydroxyl groups excluding tert-OH is 1. The Labute approximate surface area is 91.5 Å². The van der Waals surface area contributed by atoms with Gasteiger partial charge in [-0.3, -0.25) is 0 Å². The third-order valence-electron chi connectivity index (χ3n) is 2.94. The molecule has 2 rings (SSSR count). The van der Waals surface area contributed by atoms with Gasteiger partial charge >= 0.3 is 0 Å². The zero-order valence-electron chi connectivity index (χ0n) is 9.26. The van der Waals surface area contributed by atoms with Crippen LogP contribution in [0, 0.1) is 5.92 Å². The molecule has 1 aromatic rings. The fourth-order valence-electron chi connectivity index (χ4n) is 1.89. The molecule has 1 unspecified atom stereocenters.